The molecule has 1 aromatic carbocycles. The van der Waals surface area contributed by atoms with E-state index in [0.717, 1.165) is 31.7 Å². The molecular weight excluding hydrogens is 338 g/mol. The van der Waals surface area contributed by atoms with E-state index in [-0.39, 0.29) is 5.91 Å². The molecule has 6 nitrogen and oxygen atoms in total. The number of benzene rings is 1. The van der Waals surface area contributed by atoms with Gasteiger partial charge in [-0.05, 0) is 56.6 Å². The van der Waals surface area contributed by atoms with Crippen LogP contribution >= 0.6 is 0 Å². The van der Waals surface area contributed by atoms with E-state index in [2.05, 4.69) is 41.1 Å². The number of hydrogen-bond acceptors (Lipinski definition) is 4. The summed E-state index contributed by atoms with van der Waals surface area (Å²) in [4.78, 5) is 16.4. The van der Waals surface area contributed by atoms with Gasteiger partial charge in [0.1, 0.15) is 0 Å². The van der Waals surface area contributed by atoms with Crippen LogP contribution < -0.4 is 5.73 Å². The molecule has 2 heterocycles. The largest absolute Gasteiger partial charge is 0.366 e. The van der Waals surface area contributed by atoms with E-state index in [1.807, 2.05) is 30.1 Å². The molecule has 0 unspecified atom stereocenters. The molecule has 27 heavy (non-hydrogen) atoms. The number of aryl methyl sites for hydroxylation is 1. The van der Waals surface area contributed by atoms with Gasteiger partial charge in [0.15, 0.2) is 0 Å². The van der Waals surface area contributed by atoms with Gasteiger partial charge < -0.3 is 10.6 Å². The van der Waals surface area contributed by atoms with E-state index >= 15 is 0 Å². The molecule has 0 bridgehead atoms. The zero-order valence-electron chi connectivity index (χ0n) is 16.6. The third-order valence-corrected chi connectivity index (χ3v) is 5.54. The lowest BCUT2D eigenvalue weighted by molar-refractivity contribution is 0.0749. The number of amides is 1. The summed E-state index contributed by atoms with van der Waals surface area (Å²) in [6.07, 6.45) is 6.63. The van der Waals surface area contributed by atoms with Crippen LogP contribution in [0.1, 0.15) is 47.3 Å². The Morgan fingerprint density at radius 3 is 2.89 bits per heavy atom. The first-order chi connectivity index (χ1) is 13.0. The van der Waals surface area contributed by atoms with Crippen LogP contribution in [0.5, 0.6) is 0 Å². The number of rotatable bonds is 7. The lowest BCUT2D eigenvalue weighted by atomic mass is 9.85. The Labute approximate surface area is 161 Å². The summed E-state index contributed by atoms with van der Waals surface area (Å²) in [5.74, 6) is 0.189. The summed E-state index contributed by atoms with van der Waals surface area (Å²) >= 11 is 0. The van der Waals surface area contributed by atoms with Crippen molar-refractivity contribution >= 4 is 5.91 Å². The van der Waals surface area contributed by atoms with E-state index in [9.17, 15) is 4.79 Å². The molecule has 6 heteroatoms. The van der Waals surface area contributed by atoms with Crippen LogP contribution in [-0.2, 0) is 13.6 Å². The zero-order valence-corrected chi connectivity index (χ0v) is 16.6. The lowest BCUT2D eigenvalue weighted by Gasteiger charge is -2.42. The van der Waals surface area contributed by atoms with Crippen LogP contribution in [0.25, 0.3) is 0 Å². The van der Waals surface area contributed by atoms with Crippen LogP contribution in [0.4, 0.5) is 0 Å². The highest BCUT2D eigenvalue weighted by Crippen LogP contribution is 2.36. The SMILES string of the molecule is CCN1CCC[C@@H](CN(C)Cc2cccc(C(N)=O)c2)[C@@H]1c1cnn(C)c1. The van der Waals surface area contributed by atoms with Gasteiger partial charge >= 0.3 is 0 Å². The number of likely N-dealkylation sites (tertiary alicyclic amines) is 1. The maximum absolute atomic E-state index is 11.4. The van der Waals surface area contributed by atoms with E-state index in [4.69, 9.17) is 5.73 Å². The average Bonchev–Trinajstić information content (AvgIpc) is 3.07. The Balaban J connectivity index is 1.71. The third-order valence-electron chi connectivity index (χ3n) is 5.54. The first-order valence-corrected chi connectivity index (χ1v) is 9.77. The molecule has 0 saturated carbocycles. The van der Waals surface area contributed by atoms with Gasteiger partial charge in [-0.3, -0.25) is 14.4 Å². The molecule has 1 aliphatic heterocycles. The molecule has 146 valence electrons. The normalized spacial score (nSPS) is 20.9. The quantitative estimate of drug-likeness (QED) is 0.814. The Kier molecular flexibility index (Phi) is 6.29. The van der Waals surface area contributed by atoms with Crippen LogP contribution in [0, 0.1) is 5.92 Å². The smallest absolute Gasteiger partial charge is 0.248 e. The fourth-order valence-electron chi connectivity index (χ4n) is 4.37. The molecule has 0 radical (unpaired) electrons. The molecule has 3 rings (SSSR count). The number of piperidine rings is 1. The monoisotopic (exact) mass is 369 g/mol. The first-order valence-electron chi connectivity index (χ1n) is 9.77. The van der Waals surface area contributed by atoms with Crippen LogP contribution in [0.15, 0.2) is 36.7 Å². The van der Waals surface area contributed by atoms with Crippen molar-refractivity contribution in [3.8, 4) is 0 Å². The maximum Gasteiger partial charge on any atom is 0.248 e. The maximum atomic E-state index is 11.4. The Hall–Kier alpha value is -2.18. The second-order valence-corrected chi connectivity index (χ2v) is 7.68. The summed E-state index contributed by atoms with van der Waals surface area (Å²) < 4.78 is 1.90. The topological polar surface area (TPSA) is 67.4 Å². The molecule has 1 amide bonds. The van der Waals surface area contributed by atoms with Gasteiger partial charge in [0.05, 0.1) is 6.20 Å². The fraction of sp³-hybridized carbons (Fsp3) is 0.524. The lowest BCUT2D eigenvalue weighted by Crippen LogP contribution is -2.42. The second kappa shape index (κ2) is 8.67. The Morgan fingerprint density at radius 2 is 2.22 bits per heavy atom. The molecule has 0 spiro atoms. The van der Waals surface area contributed by atoms with E-state index in [0.29, 0.717) is 17.5 Å². The minimum Gasteiger partial charge on any atom is -0.366 e. The van der Waals surface area contributed by atoms with Crippen LogP contribution in [-0.4, -0.2) is 52.2 Å². The van der Waals surface area contributed by atoms with Gasteiger partial charge in [-0.2, -0.15) is 5.10 Å². The van der Waals surface area contributed by atoms with E-state index in [1.165, 1.54) is 18.4 Å². The van der Waals surface area contributed by atoms with Crippen molar-refractivity contribution in [2.75, 3.05) is 26.7 Å². The number of hydrogen-bond donors (Lipinski definition) is 1. The highest BCUT2D eigenvalue weighted by atomic mass is 16.1. The second-order valence-electron chi connectivity index (χ2n) is 7.68. The van der Waals surface area contributed by atoms with Gasteiger partial charge in [-0.15, -0.1) is 0 Å². The fourth-order valence-corrected chi connectivity index (χ4v) is 4.37. The van der Waals surface area contributed by atoms with Crippen molar-refractivity contribution in [2.24, 2.45) is 18.7 Å². The van der Waals surface area contributed by atoms with Crippen molar-refractivity contribution in [3.05, 3.63) is 53.3 Å². The molecule has 2 N–H and O–H groups in total. The van der Waals surface area contributed by atoms with E-state index in [1.54, 1.807) is 6.07 Å². The molecule has 1 aromatic heterocycles. The van der Waals surface area contributed by atoms with Gasteiger partial charge in [-0.25, -0.2) is 0 Å². The summed E-state index contributed by atoms with van der Waals surface area (Å²) in [5, 5.41) is 4.40. The van der Waals surface area contributed by atoms with Crippen LogP contribution in [0.3, 0.4) is 0 Å². The van der Waals surface area contributed by atoms with Gasteiger partial charge in [0, 0.05) is 43.5 Å². The number of nitrogens with two attached hydrogens (primary N) is 1. The molecule has 1 aliphatic rings. The van der Waals surface area contributed by atoms with Gasteiger partial charge in [0.2, 0.25) is 5.91 Å². The first kappa shape index (κ1) is 19.6. The summed E-state index contributed by atoms with van der Waals surface area (Å²) in [6.45, 7) is 6.27. The minimum atomic E-state index is -0.373. The zero-order chi connectivity index (χ0) is 19.4. The number of carbonyl (C=O) groups excluding carboxylic acids is 1. The third kappa shape index (κ3) is 4.76. The molecule has 2 atom stereocenters. The Morgan fingerprint density at radius 1 is 1.41 bits per heavy atom. The highest BCUT2D eigenvalue weighted by molar-refractivity contribution is 5.92. The number of primary amides is 1. The van der Waals surface area contributed by atoms with Crippen molar-refractivity contribution < 1.29 is 4.79 Å². The van der Waals surface area contributed by atoms with E-state index < -0.39 is 0 Å². The standard InChI is InChI=1S/C21H31N5O/c1-4-26-10-6-9-18(20(26)19-12-23-25(3)15-19)14-24(2)13-16-7-5-8-17(11-16)21(22)27/h5,7-8,11-12,15,18,20H,4,6,9-10,13-14H2,1-3H3,(H2,22,27)/t18-,20+/m0/s1. The van der Waals surface area contributed by atoms with Crippen molar-refractivity contribution in [2.45, 2.75) is 32.4 Å². The number of aromatic nitrogens is 2. The highest BCUT2D eigenvalue weighted by Gasteiger charge is 2.33. The minimum absolute atomic E-state index is 0.373. The molecule has 1 saturated heterocycles. The number of nitrogens with zero attached hydrogens (tertiary/aromatic N) is 4. The number of carbonyl (C=O) groups is 1. The average molecular weight is 370 g/mol. The summed E-state index contributed by atoms with van der Waals surface area (Å²) in [7, 11) is 4.14. The van der Waals surface area contributed by atoms with Crippen molar-refractivity contribution in [1.82, 2.24) is 19.6 Å². The van der Waals surface area contributed by atoms with Crippen molar-refractivity contribution in [1.29, 1.82) is 0 Å². The molecular formula is C21H31N5O. The van der Waals surface area contributed by atoms with Gasteiger partial charge in [0.25, 0.3) is 0 Å². The van der Waals surface area contributed by atoms with Crippen LogP contribution in [0.2, 0.25) is 0 Å². The summed E-state index contributed by atoms with van der Waals surface area (Å²) in [6, 6.07) is 8.04. The molecule has 0 aliphatic carbocycles. The predicted octanol–water partition coefficient (Wildman–Crippen LogP) is 2.42. The molecule has 2 aromatic rings. The van der Waals surface area contributed by atoms with Crippen molar-refractivity contribution in [3.63, 3.8) is 0 Å². The Bertz CT molecular complexity index is 771. The van der Waals surface area contributed by atoms with Gasteiger partial charge in [-0.1, -0.05) is 19.1 Å². The molecule has 1 fully saturated rings. The predicted molar refractivity (Wildman–Crippen MR) is 107 cm³/mol. The summed E-state index contributed by atoms with van der Waals surface area (Å²) in [5.41, 5.74) is 8.42.